The lowest BCUT2D eigenvalue weighted by molar-refractivity contribution is -0.138. The summed E-state index contributed by atoms with van der Waals surface area (Å²) in [6.07, 6.45) is -2.74. The van der Waals surface area contributed by atoms with E-state index >= 15 is 0 Å². The van der Waals surface area contributed by atoms with E-state index in [0.717, 1.165) is 0 Å². The van der Waals surface area contributed by atoms with Crippen molar-refractivity contribution < 1.29 is 18.0 Å². The Morgan fingerprint density at radius 3 is 2.56 bits per heavy atom. The molecule has 1 amide bonds. The molecule has 25 heavy (non-hydrogen) atoms. The molecule has 3 heterocycles. The molecule has 0 bridgehead atoms. The van der Waals surface area contributed by atoms with E-state index in [1.54, 1.807) is 28.9 Å². The van der Waals surface area contributed by atoms with Gasteiger partial charge in [-0.2, -0.15) is 18.3 Å². The number of rotatable bonds is 4. The first-order chi connectivity index (χ1) is 11.8. The van der Waals surface area contributed by atoms with E-state index in [2.05, 4.69) is 20.6 Å². The minimum Gasteiger partial charge on any atom is -0.344 e. The van der Waals surface area contributed by atoms with E-state index in [1.807, 2.05) is 4.90 Å². The molecule has 1 aliphatic rings. The van der Waals surface area contributed by atoms with Gasteiger partial charge >= 0.3 is 6.18 Å². The van der Waals surface area contributed by atoms with Crippen molar-refractivity contribution >= 4 is 28.2 Å². The highest BCUT2D eigenvalue weighted by Crippen LogP contribution is 2.34. The van der Waals surface area contributed by atoms with E-state index in [-0.39, 0.29) is 17.6 Å². The third-order valence-corrected chi connectivity index (χ3v) is 4.68. The predicted molar refractivity (Wildman–Crippen MR) is 85.4 cm³/mol. The fourth-order valence-corrected chi connectivity index (χ4v) is 3.19. The molecule has 1 fully saturated rings. The van der Waals surface area contributed by atoms with Crippen LogP contribution in [0, 0.1) is 0 Å². The molecule has 2 aromatic heterocycles. The number of hydrogen-bond donors (Lipinski definition) is 1. The second-order valence-corrected chi connectivity index (χ2v) is 6.53. The first-order valence-corrected chi connectivity index (χ1v) is 8.30. The van der Waals surface area contributed by atoms with Crippen molar-refractivity contribution in [2.45, 2.75) is 6.18 Å². The lowest BCUT2D eigenvalue weighted by Gasteiger charge is -2.33. The molecule has 0 aromatic carbocycles. The minimum atomic E-state index is -4.47. The van der Waals surface area contributed by atoms with Gasteiger partial charge in [0.15, 0.2) is 5.82 Å². The molecule has 1 N–H and O–H groups in total. The Balaban J connectivity index is 1.48. The van der Waals surface area contributed by atoms with Crippen molar-refractivity contribution in [3.05, 3.63) is 17.3 Å². The Hall–Kier alpha value is -2.21. The summed E-state index contributed by atoms with van der Waals surface area (Å²) in [5, 5.41) is 12.9. The van der Waals surface area contributed by atoms with Gasteiger partial charge in [-0.25, -0.2) is 0 Å². The van der Waals surface area contributed by atoms with Crippen molar-refractivity contribution in [2.24, 2.45) is 7.05 Å². The highest BCUT2D eigenvalue weighted by molar-refractivity contribution is 7.15. The molecule has 0 unspecified atom stereocenters. The molecule has 8 nitrogen and oxygen atoms in total. The molecular weight excluding hydrogens is 359 g/mol. The van der Waals surface area contributed by atoms with E-state index in [9.17, 15) is 18.0 Å². The Labute approximate surface area is 145 Å². The second kappa shape index (κ2) is 6.96. The maximum atomic E-state index is 12.6. The summed E-state index contributed by atoms with van der Waals surface area (Å²) in [4.78, 5) is 15.7. The van der Waals surface area contributed by atoms with Crippen molar-refractivity contribution in [1.29, 1.82) is 0 Å². The fraction of sp³-hybridized carbons (Fsp3) is 0.538. The SMILES string of the molecule is Cn1ccc(NC(=O)CN2CCN(c3nnc(C(F)(F)F)s3)CC2)n1. The van der Waals surface area contributed by atoms with Crippen LogP contribution < -0.4 is 10.2 Å². The number of nitrogens with zero attached hydrogens (tertiary/aromatic N) is 6. The van der Waals surface area contributed by atoms with Gasteiger partial charge in [-0.15, -0.1) is 10.2 Å². The van der Waals surface area contributed by atoms with Crippen molar-refractivity contribution in [1.82, 2.24) is 24.9 Å². The van der Waals surface area contributed by atoms with Crippen LogP contribution in [0.4, 0.5) is 24.1 Å². The zero-order valence-corrected chi connectivity index (χ0v) is 14.1. The zero-order chi connectivity index (χ0) is 18.0. The molecule has 136 valence electrons. The van der Waals surface area contributed by atoms with Gasteiger partial charge in [-0.05, 0) is 0 Å². The van der Waals surface area contributed by atoms with E-state index in [1.165, 1.54) is 0 Å². The smallest absolute Gasteiger partial charge is 0.344 e. The highest BCUT2D eigenvalue weighted by Gasteiger charge is 2.36. The number of amides is 1. The van der Waals surface area contributed by atoms with Crippen molar-refractivity contribution in [3.8, 4) is 0 Å². The van der Waals surface area contributed by atoms with Gasteiger partial charge in [-0.1, -0.05) is 11.3 Å². The molecule has 1 aliphatic heterocycles. The number of halogens is 3. The molecule has 3 rings (SSSR count). The fourth-order valence-electron chi connectivity index (χ4n) is 2.42. The van der Waals surface area contributed by atoms with Crippen LogP contribution in [-0.2, 0) is 18.0 Å². The number of aryl methyl sites for hydroxylation is 1. The average molecular weight is 375 g/mol. The Morgan fingerprint density at radius 2 is 2.00 bits per heavy atom. The Kier molecular flexibility index (Phi) is 4.90. The maximum absolute atomic E-state index is 12.6. The van der Waals surface area contributed by atoms with Crippen LogP contribution in [-0.4, -0.2) is 63.5 Å². The molecule has 0 radical (unpaired) electrons. The van der Waals surface area contributed by atoms with Gasteiger partial charge in [0.25, 0.3) is 0 Å². The number of anilines is 2. The highest BCUT2D eigenvalue weighted by atomic mass is 32.1. The molecular formula is C13H16F3N7OS. The Morgan fingerprint density at radius 1 is 1.28 bits per heavy atom. The second-order valence-electron chi connectivity index (χ2n) is 5.57. The molecule has 0 saturated carbocycles. The van der Waals surface area contributed by atoms with Gasteiger partial charge in [-0.3, -0.25) is 14.4 Å². The Bertz CT molecular complexity index is 736. The van der Waals surface area contributed by atoms with Crippen molar-refractivity contribution in [2.75, 3.05) is 42.9 Å². The zero-order valence-electron chi connectivity index (χ0n) is 13.3. The molecule has 0 aliphatic carbocycles. The van der Waals surface area contributed by atoms with Crippen LogP contribution in [0.2, 0.25) is 0 Å². The molecule has 12 heteroatoms. The van der Waals surface area contributed by atoms with Crippen LogP contribution >= 0.6 is 11.3 Å². The van der Waals surface area contributed by atoms with Crippen LogP contribution in [0.15, 0.2) is 12.3 Å². The summed E-state index contributed by atoms with van der Waals surface area (Å²) in [7, 11) is 1.76. The van der Waals surface area contributed by atoms with Gasteiger partial charge in [0.2, 0.25) is 16.0 Å². The number of carbonyl (C=O) groups excluding carboxylic acids is 1. The van der Waals surface area contributed by atoms with Crippen LogP contribution in [0.3, 0.4) is 0 Å². The molecule has 0 atom stereocenters. The number of alkyl halides is 3. The monoisotopic (exact) mass is 375 g/mol. The summed E-state index contributed by atoms with van der Waals surface area (Å²) >= 11 is 0.536. The largest absolute Gasteiger partial charge is 0.445 e. The number of nitrogens with one attached hydrogen (secondary N) is 1. The summed E-state index contributed by atoms with van der Waals surface area (Å²) in [6.45, 7) is 2.29. The third kappa shape index (κ3) is 4.45. The van der Waals surface area contributed by atoms with Gasteiger partial charge in [0, 0.05) is 45.5 Å². The van der Waals surface area contributed by atoms with Crippen LogP contribution in [0.25, 0.3) is 0 Å². The quantitative estimate of drug-likeness (QED) is 0.861. The molecule has 0 spiro atoms. The summed E-state index contributed by atoms with van der Waals surface area (Å²) in [5.74, 6) is 0.307. The third-order valence-electron chi connectivity index (χ3n) is 3.65. The summed E-state index contributed by atoms with van der Waals surface area (Å²) < 4.78 is 39.3. The van der Waals surface area contributed by atoms with Gasteiger partial charge in [0.1, 0.15) is 0 Å². The van der Waals surface area contributed by atoms with Gasteiger partial charge < -0.3 is 10.2 Å². The predicted octanol–water partition coefficient (Wildman–Crippen LogP) is 1.05. The number of carbonyl (C=O) groups is 1. The van der Waals surface area contributed by atoms with E-state index in [0.29, 0.717) is 43.3 Å². The average Bonchev–Trinajstić information content (AvgIpc) is 3.17. The number of hydrogen-bond acceptors (Lipinski definition) is 7. The van der Waals surface area contributed by atoms with Crippen LogP contribution in [0.5, 0.6) is 0 Å². The minimum absolute atomic E-state index is 0.178. The van der Waals surface area contributed by atoms with E-state index < -0.39 is 11.2 Å². The summed E-state index contributed by atoms with van der Waals surface area (Å²) in [5.41, 5.74) is 0. The first-order valence-electron chi connectivity index (χ1n) is 7.49. The maximum Gasteiger partial charge on any atom is 0.445 e. The molecule has 1 saturated heterocycles. The van der Waals surface area contributed by atoms with Crippen molar-refractivity contribution in [3.63, 3.8) is 0 Å². The van der Waals surface area contributed by atoms with Crippen LogP contribution in [0.1, 0.15) is 5.01 Å². The standard InChI is InChI=1S/C13H16F3N7OS/c1-21-3-2-9(20-21)17-10(24)8-22-4-6-23(7-5-22)12-19-18-11(25-12)13(14,15)16/h2-3H,4-8H2,1H3,(H,17,20,24). The van der Waals surface area contributed by atoms with E-state index in [4.69, 9.17) is 0 Å². The molecule has 2 aromatic rings. The number of aromatic nitrogens is 4. The lowest BCUT2D eigenvalue weighted by atomic mass is 10.3. The first kappa shape index (κ1) is 17.6. The summed E-state index contributed by atoms with van der Waals surface area (Å²) in [6, 6.07) is 1.70. The lowest BCUT2D eigenvalue weighted by Crippen LogP contribution is -2.48. The number of piperazine rings is 1. The van der Waals surface area contributed by atoms with Gasteiger partial charge in [0.05, 0.1) is 6.54 Å². The normalized spacial score (nSPS) is 16.2. The topological polar surface area (TPSA) is 79.2 Å².